The van der Waals surface area contributed by atoms with Gasteiger partial charge >= 0.3 is 0 Å². The highest BCUT2D eigenvalue weighted by Gasteiger charge is 1.91. The Labute approximate surface area is 102 Å². The predicted molar refractivity (Wildman–Crippen MR) is 73.9 cm³/mol. The molecule has 1 nitrogen and oxygen atoms in total. The van der Waals surface area contributed by atoms with E-state index in [1.54, 1.807) is 0 Å². The maximum Gasteiger partial charge on any atom is -0.00489 e. The van der Waals surface area contributed by atoms with Crippen molar-refractivity contribution < 1.29 is 0 Å². The molecule has 15 heavy (non-hydrogen) atoms. The normalized spacial score (nSPS) is 10.8. The molecule has 0 aromatic carbocycles. The minimum Gasteiger partial charge on any atom is -0.317 e. The van der Waals surface area contributed by atoms with Gasteiger partial charge in [0.2, 0.25) is 0 Å². The van der Waals surface area contributed by atoms with Crippen LogP contribution in [-0.2, 0) is 0 Å². The van der Waals surface area contributed by atoms with E-state index in [9.17, 15) is 0 Å². The Kier molecular flexibility index (Phi) is 14.6. The van der Waals surface area contributed by atoms with E-state index >= 15 is 0 Å². The lowest BCUT2D eigenvalue weighted by atomic mass is 10.1. The molecule has 0 aliphatic heterocycles. The summed E-state index contributed by atoms with van der Waals surface area (Å²) in [6.07, 6.45) is 12.3. The van der Waals surface area contributed by atoms with E-state index < -0.39 is 0 Å². The third kappa shape index (κ3) is 14.3. The lowest BCUT2D eigenvalue weighted by molar-refractivity contribution is 0.557. The molecule has 0 aromatic rings. The van der Waals surface area contributed by atoms with Gasteiger partial charge in [-0.05, 0) is 38.1 Å². The van der Waals surface area contributed by atoms with Crippen LogP contribution in [-0.4, -0.2) is 18.8 Å². The summed E-state index contributed by atoms with van der Waals surface area (Å²) in [5.41, 5.74) is 0. The van der Waals surface area contributed by atoms with E-state index in [1.165, 1.54) is 70.9 Å². The van der Waals surface area contributed by atoms with Gasteiger partial charge in [-0.25, -0.2) is 0 Å². The number of unbranched alkanes of at least 4 members (excludes halogenated alkanes) is 7. The second-order valence-corrected chi connectivity index (χ2v) is 4.75. The summed E-state index contributed by atoms with van der Waals surface area (Å²) in [6, 6.07) is 0. The molecule has 2 heteroatoms. The molecule has 0 aliphatic rings. The minimum absolute atomic E-state index is 1.04. The lowest BCUT2D eigenvalue weighted by Crippen LogP contribution is -2.16. The average molecular weight is 231 g/mol. The Morgan fingerprint density at radius 3 is 1.87 bits per heavy atom. The molecule has 0 spiro atoms. The quantitative estimate of drug-likeness (QED) is 0.382. The first-order valence-electron chi connectivity index (χ1n) is 6.73. The van der Waals surface area contributed by atoms with Crippen LogP contribution in [0.15, 0.2) is 0 Å². The summed E-state index contributed by atoms with van der Waals surface area (Å²) in [6.45, 7) is 4.68. The molecule has 0 atom stereocenters. The summed E-state index contributed by atoms with van der Waals surface area (Å²) in [5.74, 6) is 1.04. The maximum atomic E-state index is 4.20. The van der Waals surface area contributed by atoms with Crippen LogP contribution in [0.4, 0.5) is 0 Å². The van der Waals surface area contributed by atoms with Crippen molar-refractivity contribution >= 4 is 12.6 Å². The monoisotopic (exact) mass is 231 g/mol. The van der Waals surface area contributed by atoms with Crippen LogP contribution in [0, 0.1) is 0 Å². The van der Waals surface area contributed by atoms with Crippen molar-refractivity contribution in [1.82, 2.24) is 5.32 Å². The number of nitrogens with one attached hydrogen (secondary N) is 1. The molecule has 0 radical (unpaired) electrons. The van der Waals surface area contributed by atoms with Gasteiger partial charge in [0.1, 0.15) is 0 Å². The van der Waals surface area contributed by atoms with Gasteiger partial charge in [-0.3, -0.25) is 0 Å². The maximum absolute atomic E-state index is 4.20. The fourth-order valence-corrected chi connectivity index (χ4v) is 1.92. The second kappa shape index (κ2) is 14.3. The first-order valence-corrected chi connectivity index (χ1v) is 7.36. The molecule has 0 fully saturated rings. The van der Waals surface area contributed by atoms with Gasteiger partial charge in [-0.2, -0.15) is 12.6 Å². The summed E-state index contributed by atoms with van der Waals surface area (Å²) in [5, 5.41) is 3.51. The van der Waals surface area contributed by atoms with E-state index in [1.807, 2.05) is 0 Å². The van der Waals surface area contributed by atoms with Gasteiger partial charge in [0.05, 0.1) is 0 Å². The highest BCUT2D eigenvalue weighted by molar-refractivity contribution is 7.80. The Morgan fingerprint density at radius 2 is 1.27 bits per heavy atom. The van der Waals surface area contributed by atoms with Crippen molar-refractivity contribution in [2.24, 2.45) is 0 Å². The van der Waals surface area contributed by atoms with E-state index in [0.717, 1.165) is 5.75 Å². The van der Waals surface area contributed by atoms with Crippen LogP contribution >= 0.6 is 12.6 Å². The van der Waals surface area contributed by atoms with Gasteiger partial charge in [0.15, 0.2) is 0 Å². The summed E-state index contributed by atoms with van der Waals surface area (Å²) >= 11 is 4.20. The van der Waals surface area contributed by atoms with Gasteiger partial charge in [0, 0.05) is 0 Å². The first-order chi connectivity index (χ1) is 7.41. The molecule has 0 rings (SSSR count). The molecular weight excluding hydrogens is 202 g/mol. The standard InChI is InChI=1S/C13H29NS/c1-2-3-4-5-6-8-11-14-12-9-7-10-13-15/h14-15H,2-13H2,1H3. The van der Waals surface area contributed by atoms with Gasteiger partial charge in [-0.1, -0.05) is 45.4 Å². The molecule has 0 aromatic heterocycles. The fourth-order valence-electron chi connectivity index (χ4n) is 1.69. The largest absolute Gasteiger partial charge is 0.317 e. The second-order valence-electron chi connectivity index (χ2n) is 4.30. The molecule has 92 valence electrons. The van der Waals surface area contributed by atoms with Crippen LogP contribution in [0.1, 0.15) is 64.7 Å². The fraction of sp³-hybridized carbons (Fsp3) is 1.00. The molecule has 0 amide bonds. The molecule has 0 bridgehead atoms. The van der Waals surface area contributed by atoms with Crippen molar-refractivity contribution in [1.29, 1.82) is 0 Å². The Bertz CT molecular complexity index is 94.7. The lowest BCUT2D eigenvalue weighted by Gasteiger charge is -2.04. The summed E-state index contributed by atoms with van der Waals surface area (Å²) in [7, 11) is 0. The number of thiol groups is 1. The van der Waals surface area contributed by atoms with Crippen molar-refractivity contribution in [3.05, 3.63) is 0 Å². The zero-order chi connectivity index (χ0) is 11.2. The van der Waals surface area contributed by atoms with Crippen molar-refractivity contribution in [3.8, 4) is 0 Å². The van der Waals surface area contributed by atoms with Crippen LogP contribution in [0.3, 0.4) is 0 Å². The van der Waals surface area contributed by atoms with Gasteiger partial charge < -0.3 is 5.32 Å². The molecule has 1 N–H and O–H groups in total. The SMILES string of the molecule is CCCCCCCCNCCCCCS. The van der Waals surface area contributed by atoms with Crippen LogP contribution in [0.2, 0.25) is 0 Å². The van der Waals surface area contributed by atoms with E-state index in [0.29, 0.717) is 0 Å². The Balaban J connectivity index is 2.81. The zero-order valence-electron chi connectivity index (χ0n) is 10.4. The van der Waals surface area contributed by atoms with E-state index in [4.69, 9.17) is 0 Å². The topological polar surface area (TPSA) is 12.0 Å². The summed E-state index contributed by atoms with van der Waals surface area (Å²) < 4.78 is 0. The highest BCUT2D eigenvalue weighted by atomic mass is 32.1. The van der Waals surface area contributed by atoms with Crippen molar-refractivity contribution in [2.75, 3.05) is 18.8 Å². The van der Waals surface area contributed by atoms with Crippen molar-refractivity contribution in [2.45, 2.75) is 64.7 Å². The molecule has 0 saturated heterocycles. The highest BCUT2D eigenvalue weighted by Crippen LogP contribution is 2.04. The van der Waals surface area contributed by atoms with E-state index in [2.05, 4.69) is 24.9 Å². The predicted octanol–water partition coefficient (Wildman–Crippen LogP) is 4.04. The van der Waals surface area contributed by atoms with Gasteiger partial charge in [0.25, 0.3) is 0 Å². The smallest absolute Gasteiger partial charge is 0.00489 e. The third-order valence-corrected chi connectivity index (χ3v) is 3.04. The van der Waals surface area contributed by atoms with Crippen LogP contribution in [0.25, 0.3) is 0 Å². The molecular formula is C13H29NS. The third-order valence-electron chi connectivity index (χ3n) is 2.72. The number of hydrogen-bond donors (Lipinski definition) is 2. The van der Waals surface area contributed by atoms with E-state index in [-0.39, 0.29) is 0 Å². The molecule has 0 saturated carbocycles. The van der Waals surface area contributed by atoms with Crippen molar-refractivity contribution in [3.63, 3.8) is 0 Å². The first kappa shape index (κ1) is 15.3. The Morgan fingerprint density at radius 1 is 0.733 bits per heavy atom. The minimum atomic E-state index is 1.04. The number of hydrogen-bond acceptors (Lipinski definition) is 2. The average Bonchev–Trinajstić information content (AvgIpc) is 2.26. The zero-order valence-corrected chi connectivity index (χ0v) is 11.3. The molecule has 0 aliphatic carbocycles. The number of rotatable bonds is 12. The van der Waals surface area contributed by atoms with Crippen LogP contribution in [0.5, 0.6) is 0 Å². The molecule has 0 unspecified atom stereocenters. The molecule has 0 heterocycles. The summed E-state index contributed by atoms with van der Waals surface area (Å²) in [4.78, 5) is 0. The van der Waals surface area contributed by atoms with Crippen LogP contribution < -0.4 is 5.32 Å². The van der Waals surface area contributed by atoms with Gasteiger partial charge in [-0.15, -0.1) is 0 Å². The Hall–Kier alpha value is 0.310.